The molecular formula is C23H20N6O3. The van der Waals surface area contributed by atoms with Gasteiger partial charge in [0.2, 0.25) is 0 Å². The molecule has 32 heavy (non-hydrogen) atoms. The fraction of sp³-hybridized carbons (Fsp3) is 0.217. The van der Waals surface area contributed by atoms with Crippen LogP contribution in [-0.2, 0) is 11.8 Å². The van der Waals surface area contributed by atoms with Crippen molar-refractivity contribution in [3.8, 4) is 16.9 Å². The maximum Gasteiger partial charge on any atom is 0.296 e. The van der Waals surface area contributed by atoms with Crippen molar-refractivity contribution in [1.82, 2.24) is 28.5 Å². The van der Waals surface area contributed by atoms with Crippen LogP contribution in [0.15, 0.2) is 70.6 Å². The Morgan fingerprint density at radius 1 is 1.09 bits per heavy atom. The zero-order valence-corrected chi connectivity index (χ0v) is 17.4. The normalized spacial score (nSPS) is 16.3. The molecule has 4 aromatic heterocycles. The highest BCUT2D eigenvalue weighted by molar-refractivity contribution is 5.76. The molecule has 1 unspecified atom stereocenters. The van der Waals surface area contributed by atoms with Gasteiger partial charge in [0.05, 0.1) is 35.6 Å². The van der Waals surface area contributed by atoms with Gasteiger partial charge in [-0.05, 0) is 12.5 Å². The molecule has 0 N–H and O–H groups in total. The summed E-state index contributed by atoms with van der Waals surface area (Å²) in [5, 5.41) is 4.46. The van der Waals surface area contributed by atoms with Crippen molar-refractivity contribution >= 4 is 16.6 Å². The van der Waals surface area contributed by atoms with Crippen molar-refractivity contribution < 1.29 is 4.74 Å². The number of rotatable bonds is 3. The fourth-order valence-electron chi connectivity index (χ4n) is 4.40. The van der Waals surface area contributed by atoms with Crippen molar-refractivity contribution in [2.75, 3.05) is 13.2 Å². The van der Waals surface area contributed by atoms with Gasteiger partial charge in [-0.25, -0.2) is 14.3 Å². The van der Waals surface area contributed by atoms with E-state index in [1.54, 1.807) is 7.05 Å². The van der Waals surface area contributed by atoms with Crippen molar-refractivity contribution in [2.45, 2.75) is 12.5 Å². The summed E-state index contributed by atoms with van der Waals surface area (Å²) < 4.78 is 11.8. The number of aromatic nitrogens is 6. The number of imidazole rings is 1. The summed E-state index contributed by atoms with van der Waals surface area (Å²) in [7, 11) is 1.67. The van der Waals surface area contributed by atoms with Crippen molar-refractivity contribution in [1.29, 1.82) is 0 Å². The summed E-state index contributed by atoms with van der Waals surface area (Å²) in [6.45, 7) is 0.936. The molecule has 1 atom stereocenters. The first-order valence-corrected chi connectivity index (χ1v) is 10.4. The molecule has 1 fully saturated rings. The monoisotopic (exact) mass is 428 g/mol. The maximum atomic E-state index is 13.6. The van der Waals surface area contributed by atoms with Gasteiger partial charge in [0.25, 0.3) is 11.1 Å². The van der Waals surface area contributed by atoms with Gasteiger partial charge in [-0.15, -0.1) is 0 Å². The van der Waals surface area contributed by atoms with E-state index in [0.717, 1.165) is 11.3 Å². The van der Waals surface area contributed by atoms with Crippen LogP contribution in [0, 0.1) is 0 Å². The van der Waals surface area contributed by atoms with Crippen LogP contribution in [0.2, 0.25) is 0 Å². The van der Waals surface area contributed by atoms with E-state index in [1.165, 1.54) is 20.2 Å². The molecule has 0 spiro atoms. The largest absolute Gasteiger partial charge is 0.379 e. The molecule has 9 heteroatoms. The van der Waals surface area contributed by atoms with E-state index < -0.39 is 0 Å². The van der Waals surface area contributed by atoms with E-state index in [2.05, 4.69) is 5.10 Å². The highest BCUT2D eigenvalue weighted by atomic mass is 16.5. The smallest absolute Gasteiger partial charge is 0.296 e. The van der Waals surface area contributed by atoms with Crippen LogP contribution >= 0.6 is 0 Å². The van der Waals surface area contributed by atoms with Gasteiger partial charge in [0.1, 0.15) is 11.2 Å². The molecule has 160 valence electrons. The summed E-state index contributed by atoms with van der Waals surface area (Å²) >= 11 is 0. The molecule has 1 aliphatic heterocycles. The summed E-state index contributed by atoms with van der Waals surface area (Å²) in [6.07, 6.45) is 5.91. The Bertz CT molecular complexity index is 1590. The molecule has 1 saturated heterocycles. The molecule has 1 aliphatic rings. The third kappa shape index (κ3) is 2.75. The number of benzene rings is 1. The standard InChI is InChI=1S/C23H20N6O3/c1-26-21-18(12-24-26)22(30)29(17-8-10-32-14-17)28(23(21)31)16-7-9-27-13-19(25-20(27)11-16)15-5-3-2-4-6-15/h2-7,9,11-13,17H,8,10,14H2,1H3. The van der Waals surface area contributed by atoms with Gasteiger partial charge >= 0.3 is 0 Å². The molecule has 0 bridgehead atoms. The number of hydrogen-bond donors (Lipinski definition) is 0. The molecule has 9 nitrogen and oxygen atoms in total. The zero-order valence-electron chi connectivity index (χ0n) is 17.4. The number of aryl methyl sites for hydroxylation is 1. The molecule has 0 radical (unpaired) electrons. The predicted octanol–water partition coefficient (Wildman–Crippen LogP) is 2.16. The van der Waals surface area contributed by atoms with E-state index >= 15 is 0 Å². The second-order valence-corrected chi connectivity index (χ2v) is 7.96. The Balaban J connectivity index is 1.61. The van der Waals surface area contributed by atoms with E-state index in [-0.39, 0.29) is 22.7 Å². The lowest BCUT2D eigenvalue weighted by Crippen LogP contribution is -2.40. The Hall–Kier alpha value is -3.98. The second-order valence-electron chi connectivity index (χ2n) is 7.96. The number of pyridine rings is 1. The Morgan fingerprint density at radius 2 is 1.94 bits per heavy atom. The number of ether oxygens (including phenoxy) is 1. The summed E-state index contributed by atoms with van der Waals surface area (Å²) in [6, 6.07) is 13.3. The van der Waals surface area contributed by atoms with Gasteiger partial charge in [-0.1, -0.05) is 30.3 Å². The van der Waals surface area contributed by atoms with Crippen LogP contribution in [0.5, 0.6) is 0 Å². The molecule has 0 amide bonds. The van der Waals surface area contributed by atoms with Gasteiger partial charge < -0.3 is 9.14 Å². The Kier molecular flexibility index (Phi) is 4.12. The lowest BCUT2D eigenvalue weighted by molar-refractivity contribution is 0.181. The topological polar surface area (TPSA) is 88.3 Å². The number of fused-ring (bicyclic) bond motifs is 2. The van der Waals surface area contributed by atoms with Crippen molar-refractivity contribution in [2.24, 2.45) is 7.05 Å². The average molecular weight is 428 g/mol. The second kappa shape index (κ2) is 7.03. The molecule has 5 heterocycles. The Morgan fingerprint density at radius 3 is 2.72 bits per heavy atom. The first-order chi connectivity index (χ1) is 15.6. The SMILES string of the molecule is Cn1ncc2c(=O)n(C3CCOC3)n(-c3ccn4cc(-c5ccccc5)nc4c3)c(=O)c21. The first kappa shape index (κ1) is 18.8. The van der Waals surface area contributed by atoms with Crippen LogP contribution < -0.4 is 11.1 Å². The van der Waals surface area contributed by atoms with E-state index in [0.29, 0.717) is 36.4 Å². The molecule has 0 saturated carbocycles. The summed E-state index contributed by atoms with van der Waals surface area (Å²) in [4.78, 5) is 31.7. The zero-order chi connectivity index (χ0) is 21.8. The summed E-state index contributed by atoms with van der Waals surface area (Å²) in [5.41, 5.74) is 2.81. The predicted molar refractivity (Wildman–Crippen MR) is 119 cm³/mol. The van der Waals surface area contributed by atoms with E-state index in [9.17, 15) is 9.59 Å². The van der Waals surface area contributed by atoms with Gasteiger partial charge in [0.15, 0.2) is 0 Å². The lowest BCUT2D eigenvalue weighted by atomic mass is 10.2. The van der Waals surface area contributed by atoms with Gasteiger partial charge in [0, 0.05) is 37.7 Å². The van der Waals surface area contributed by atoms with Crippen molar-refractivity contribution in [3.05, 3.63) is 81.8 Å². The first-order valence-electron chi connectivity index (χ1n) is 10.4. The minimum atomic E-state index is -0.300. The van der Waals surface area contributed by atoms with Gasteiger partial charge in [-0.2, -0.15) is 5.10 Å². The average Bonchev–Trinajstić information content (AvgIpc) is 3.56. The summed E-state index contributed by atoms with van der Waals surface area (Å²) in [5.74, 6) is 0. The minimum Gasteiger partial charge on any atom is -0.379 e. The molecule has 0 aliphatic carbocycles. The van der Waals surface area contributed by atoms with Crippen LogP contribution in [-0.4, -0.2) is 41.7 Å². The van der Waals surface area contributed by atoms with Crippen LogP contribution in [0.1, 0.15) is 12.5 Å². The molecule has 1 aromatic carbocycles. The van der Waals surface area contributed by atoms with E-state index in [4.69, 9.17) is 9.72 Å². The third-order valence-electron chi connectivity index (χ3n) is 6.00. The number of hydrogen-bond acceptors (Lipinski definition) is 5. The Labute approximate surface area is 181 Å². The van der Waals surface area contributed by atoms with Gasteiger partial charge in [-0.3, -0.25) is 14.3 Å². The maximum absolute atomic E-state index is 13.6. The highest BCUT2D eigenvalue weighted by Crippen LogP contribution is 2.22. The minimum absolute atomic E-state index is 0.226. The van der Waals surface area contributed by atoms with Crippen LogP contribution in [0.3, 0.4) is 0 Å². The number of nitrogens with zero attached hydrogens (tertiary/aromatic N) is 6. The van der Waals surface area contributed by atoms with E-state index in [1.807, 2.05) is 59.3 Å². The van der Waals surface area contributed by atoms with Crippen LogP contribution in [0.25, 0.3) is 33.5 Å². The quantitative estimate of drug-likeness (QED) is 0.439. The molecule has 5 aromatic rings. The van der Waals surface area contributed by atoms with Crippen molar-refractivity contribution in [3.63, 3.8) is 0 Å². The fourth-order valence-corrected chi connectivity index (χ4v) is 4.40. The van der Waals surface area contributed by atoms with Crippen LogP contribution in [0.4, 0.5) is 0 Å². The third-order valence-corrected chi connectivity index (χ3v) is 6.00. The molecular weight excluding hydrogens is 408 g/mol. The molecule has 6 rings (SSSR count). The highest BCUT2D eigenvalue weighted by Gasteiger charge is 2.26. The lowest BCUT2D eigenvalue weighted by Gasteiger charge is -2.20.